The molecule has 0 bridgehead atoms. The second-order valence-corrected chi connectivity index (χ2v) is 5.22. The third kappa shape index (κ3) is 2.57. The Bertz CT molecular complexity index is 682. The van der Waals surface area contributed by atoms with Crippen molar-refractivity contribution >= 4 is 17.2 Å². The van der Waals surface area contributed by atoms with Gasteiger partial charge in [-0.15, -0.1) is 0 Å². The van der Waals surface area contributed by atoms with Crippen molar-refractivity contribution in [2.75, 3.05) is 39.2 Å². The molecule has 0 aromatic heterocycles. The Hall–Kier alpha value is -2.34. The van der Waals surface area contributed by atoms with Gasteiger partial charge >= 0.3 is 0 Å². The Morgan fingerprint density at radius 3 is 3.05 bits per heavy atom. The monoisotopic (exact) mass is 304 g/mol. The molecule has 1 aromatic carbocycles. The topological polar surface area (TPSA) is 50.8 Å². The highest BCUT2D eigenvalue weighted by Crippen LogP contribution is 2.36. The van der Waals surface area contributed by atoms with E-state index < -0.39 is 0 Å². The number of hydrogen-bond acceptors (Lipinski definition) is 4. The molecule has 2 aliphatic heterocycles. The molecule has 1 amide bonds. The quantitative estimate of drug-likeness (QED) is 0.864. The van der Waals surface area contributed by atoms with Crippen LogP contribution in [-0.2, 0) is 14.3 Å². The van der Waals surface area contributed by atoms with Crippen LogP contribution in [-0.4, -0.2) is 44.7 Å². The summed E-state index contributed by atoms with van der Waals surface area (Å²) in [4.78, 5) is 14.2. The average molecular weight is 304 g/mol. The van der Waals surface area contributed by atoms with E-state index in [1.165, 1.54) is 12.1 Å². The maximum absolute atomic E-state index is 13.3. The minimum Gasteiger partial charge on any atom is -0.486 e. The maximum atomic E-state index is 13.3. The summed E-state index contributed by atoms with van der Waals surface area (Å²) < 4.78 is 24.0. The van der Waals surface area contributed by atoms with Gasteiger partial charge in [0.25, 0.3) is 5.91 Å². The predicted octanol–water partition coefficient (Wildman–Crippen LogP) is 1.98. The molecule has 116 valence electrons. The number of anilines is 1. The fraction of sp³-hybridized carbons (Fsp3) is 0.312. The number of nitrogens with one attached hydrogen (secondary N) is 1. The Balaban J connectivity index is 1.92. The number of rotatable bonds is 4. The summed E-state index contributed by atoms with van der Waals surface area (Å²) >= 11 is 0. The van der Waals surface area contributed by atoms with Gasteiger partial charge in [0.1, 0.15) is 18.2 Å². The summed E-state index contributed by atoms with van der Waals surface area (Å²) in [5, 5.41) is 2.66. The lowest BCUT2D eigenvalue weighted by atomic mass is 10.1. The highest BCUT2D eigenvalue weighted by Gasteiger charge is 2.30. The van der Waals surface area contributed by atoms with Crippen molar-refractivity contribution in [3.8, 4) is 0 Å². The van der Waals surface area contributed by atoms with Gasteiger partial charge in [-0.3, -0.25) is 4.79 Å². The van der Waals surface area contributed by atoms with Crippen LogP contribution in [0.3, 0.4) is 0 Å². The molecule has 0 unspecified atom stereocenters. The van der Waals surface area contributed by atoms with Gasteiger partial charge in [0, 0.05) is 32.3 Å². The van der Waals surface area contributed by atoms with E-state index in [0.29, 0.717) is 35.8 Å². The Morgan fingerprint density at radius 1 is 1.45 bits per heavy atom. The van der Waals surface area contributed by atoms with E-state index in [1.54, 1.807) is 13.2 Å². The number of allylic oxidation sites excluding steroid dienone is 1. The molecular weight excluding hydrogens is 287 g/mol. The molecule has 0 fully saturated rings. The summed E-state index contributed by atoms with van der Waals surface area (Å²) in [6.07, 6.45) is 1.85. The van der Waals surface area contributed by atoms with E-state index in [0.717, 1.165) is 12.2 Å². The zero-order valence-corrected chi connectivity index (χ0v) is 12.5. The van der Waals surface area contributed by atoms with Crippen LogP contribution in [0.1, 0.15) is 5.56 Å². The summed E-state index contributed by atoms with van der Waals surface area (Å²) in [6.45, 7) is 1.76. The standard InChI is InChI=1S/C16H17FN2O3/c1-19(5-6-21-2)11-8-14(22-9-11)15-12-4-3-10(17)7-13(12)18-16(15)20/h3-4,7-8H,5-6,9H2,1-2H3,(H,18,20)/b15-14-. The van der Waals surface area contributed by atoms with E-state index in [-0.39, 0.29) is 11.7 Å². The first-order chi connectivity index (χ1) is 10.6. The fourth-order valence-electron chi connectivity index (χ4n) is 2.51. The van der Waals surface area contributed by atoms with Crippen LogP contribution in [0.15, 0.2) is 35.7 Å². The molecule has 0 radical (unpaired) electrons. The van der Waals surface area contributed by atoms with Crippen molar-refractivity contribution in [2.24, 2.45) is 0 Å². The largest absolute Gasteiger partial charge is 0.486 e. The van der Waals surface area contributed by atoms with Gasteiger partial charge < -0.3 is 19.7 Å². The third-order valence-electron chi connectivity index (χ3n) is 3.77. The molecule has 22 heavy (non-hydrogen) atoms. The number of fused-ring (bicyclic) bond motifs is 1. The van der Waals surface area contributed by atoms with E-state index in [4.69, 9.17) is 9.47 Å². The first kappa shape index (κ1) is 14.6. The van der Waals surface area contributed by atoms with Crippen molar-refractivity contribution in [3.05, 3.63) is 47.1 Å². The lowest BCUT2D eigenvalue weighted by Gasteiger charge is -2.18. The third-order valence-corrected chi connectivity index (χ3v) is 3.77. The highest BCUT2D eigenvalue weighted by molar-refractivity contribution is 6.32. The molecule has 3 rings (SSSR count). The zero-order valence-electron chi connectivity index (χ0n) is 12.5. The van der Waals surface area contributed by atoms with Crippen LogP contribution >= 0.6 is 0 Å². The first-order valence-electron chi connectivity index (χ1n) is 6.99. The van der Waals surface area contributed by atoms with Gasteiger partial charge in [0.2, 0.25) is 0 Å². The van der Waals surface area contributed by atoms with Crippen LogP contribution < -0.4 is 5.32 Å². The number of nitrogens with zero attached hydrogens (tertiary/aromatic N) is 1. The van der Waals surface area contributed by atoms with Gasteiger partial charge in [0.15, 0.2) is 0 Å². The molecule has 1 aromatic rings. The summed E-state index contributed by atoms with van der Waals surface area (Å²) in [5.74, 6) is -0.136. The number of methoxy groups -OCH3 is 1. The van der Waals surface area contributed by atoms with E-state index in [2.05, 4.69) is 5.32 Å². The number of carbonyl (C=O) groups excluding carboxylic acids is 1. The molecule has 2 aliphatic rings. The van der Waals surface area contributed by atoms with Gasteiger partial charge in [0.05, 0.1) is 23.6 Å². The van der Waals surface area contributed by atoms with Crippen molar-refractivity contribution in [1.29, 1.82) is 0 Å². The minimum absolute atomic E-state index is 0.271. The molecule has 0 saturated heterocycles. The van der Waals surface area contributed by atoms with Gasteiger partial charge in [-0.2, -0.15) is 0 Å². The number of ether oxygens (including phenoxy) is 2. The van der Waals surface area contributed by atoms with Crippen LogP contribution in [0, 0.1) is 5.82 Å². The molecule has 1 N–H and O–H groups in total. The second kappa shape index (κ2) is 5.81. The number of carbonyl (C=O) groups is 1. The summed E-state index contributed by atoms with van der Waals surface area (Å²) in [7, 11) is 3.60. The number of amides is 1. The molecule has 0 aliphatic carbocycles. The van der Waals surface area contributed by atoms with Crippen LogP contribution in [0.25, 0.3) is 5.57 Å². The SMILES string of the molecule is COCCN(C)C1=C/C(=C2/C(=O)Nc3cc(F)ccc32)OC1. The smallest absolute Gasteiger partial charge is 0.260 e. The second-order valence-electron chi connectivity index (χ2n) is 5.22. The number of likely N-dealkylation sites (N-methyl/N-ethyl adjacent to an activating group) is 1. The average Bonchev–Trinajstić information content (AvgIpc) is 3.07. The Labute approximate surface area is 128 Å². The maximum Gasteiger partial charge on any atom is 0.260 e. The molecule has 0 spiro atoms. The lowest BCUT2D eigenvalue weighted by molar-refractivity contribution is -0.110. The molecule has 2 heterocycles. The molecule has 0 saturated carbocycles. The van der Waals surface area contributed by atoms with E-state index in [9.17, 15) is 9.18 Å². The first-order valence-corrected chi connectivity index (χ1v) is 6.99. The Kier molecular flexibility index (Phi) is 3.85. The Morgan fingerprint density at radius 2 is 2.27 bits per heavy atom. The van der Waals surface area contributed by atoms with Crippen molar-refractivity contribution in [3.63, 3.8) is 0 Å². The van der Waals surface area contributed by atoms with Crippen molar-refractivity contribution in [2.45, 2.75) is 0 Å². The summed E-state index contributed by atoms with van der Waals surface area (Å²) in [5.41, 5.74) is 2.57. The normalized spacial score (nSPS) is 19.6. The van der Waals surface area contributed by atoms with Gasteiger partial charge in [-0.25, -0.2) is 4.39 Å². The zero-order chi connectivity index (χ0) is 15.7. The number of halogens is 1. The number of benzene rings is 1. The molecular formula is C16H17FN2O3. The van der Waals surface area contributed by atoms with Gasteiger partial charge in [-0.1, -0.05) is 0 Å². The summed E-state index contributed by atoms with van der Waals surface area (Å²) in [6, 6.07) is 4.24. The van der Waals surface area contributed by atoms with Gasteiger partial charge in [-0.05, 0) is 18.2 Å². The fourth-order valence-corrected chi connectivity index (χ4v) is 2.51. The molecule has 0 atom stereocenters. The van der Waals surface area contributed by atoms with Crippen LogP contribution in [0.4, 0.5) is 10.1 Å². The van der Waals surface area contributed by atoms with Crippen molar-refractivity contribution < 1.29 is 18.7 Å². The minimum atomic E-state index is -0.381. The van der Waals surface area contributed by atoms with Crippen molar-refractivity contribution in [1.82, 2.24) is 4.90 Å². The lowest BCUT2D eigenvalue weighted by Crippen LogP contribution is -2.22. The van der Waals surface area contributed by atoms with E-state index in [1.807, 2.05) is 18.0 Å². The molecule has 6 heteroatoms. The van der Waals surface area contributed by atoms with Crippen LogP contribution in [0.2, 0.25) is 0 Å². The number of hydrogen-bond donors (Lipinski definition) is 1. The predicted molar refractivity (Wildman–Crippen MR) is 80.5 cm³/mol. The molecule has 5 nitrogen and oxygen atoms in total. The van der Waals surface area contributed by atoms with E-state index >= 15 is 0 Å². The van der Waals surface area contributed by atoms with Crippen LogP contribution in [0.5, 0.6) is 0 Å². The highest BCUT2D eigenvalue weighted by atomic mass is 19.1.